The van der Waals surface area contributed by atoms with Gasteiger partial charge >= 0.3 is 0 Å². The van der Waals surface area contributed by atoms with Gasteiger partial charge in [0.25, 0.3) is 0 Å². The van der Waals surface area contributed by atoms with Gasteiger partial charge in [-0.15, -0.1) is 0 Å². The van der Waals surface area contributed by atoms with Crippen LogP contribution in [0.5, 0.6) is 0 Å². The van der Waals surface area contributed by atoms with E-state index in [4.69, 9.17) is 4.74 Å². The first-order chi connectivity index (χ1) is 6.73. The lowest BCUT2D eigenvalue weighted by atomic mass is 10.0. The van der Waals surface area contributed by atoms with E-state index in [2.05, 4.69) is 0 Å². The van der Waals surface area contributed by atoms with Gasteiger partial charge < -0.3 is 9.53 Å². The molecule has 14 heavy (non-hydrogen) atoms. The Kier molecular flexibility index (Phi) is 2.38. The SMILES string of the molecule is CC1(C=O)CCC(c2ccccc2)O1. The van der Waals surface area contributed by atoms with Crippen LogP contribution in [0.4, 0.5) is 0 Å². The van der Waals surface area contributed by atoms with Crippen LogP contribution in [-0.2, 0) is 9.53 Å². The Bertz CT molecular complexity index is 320. The van der Waals surface area contributed by atoms with E-state index in [1.165, 1.54) is 0 Å². The number of aldehydes is 1. The first kappa shape index (κ1) is 9.41. The van der Waals surface area contributed by atoms with Gasteiger partial charge in [0.05, 0.1) is 6.10 Å². The molecule has 2 unspecified atom stereocenters. The summed E-state index contributed by atoms with van der Waals surface area (Å²) in [5.74, 6) is 0. The predicted octanol–water partition coefficient (Wildman–Crippen LogP) is 2.50. The molecule has 2 rings (SSSR count). The van der Waals surface area contributed by atoms with Crippen LogP contribution in [0, 0.1) is 0 Å². The fraction of sp³-hybridized carbons (Fsp3) is 0.417. The van der Waals surface area contributed by atoms with E-state index in [0.29, 0.717) is 0 Å². The van der Waals surface area contributed by atoms with Crippen molar-refractivity contribution < 1.29 is 9.53 Å². The van der Waals surface area contributed by atoms with Crippen LogP contribution < -0.4 is 0 Å². The zero-order valence-corrected chi connectivity index (χ0v) is 8.27. The van der Waals surface area contributed by atoms with Gasteiger partial charge in [0, 0.05) is 0 Å². The smallest absolute Gasteiger partial charge is 0.151 e. The molecule has 1 heterocycles. The number of benzene rings is 1. The lowest BCUT2D eigenvalue weighted by Gasteiger charge is -2.17. The van der Waals surface area contributed by atoms with E-state index in [1.807, 2.05) is 37.3 Å². The van der Waals surface area contributed by atoms with E-state index >= 15 is 0 Å². The first-order valence-electron chi connectivity index (χ1n) is 4.93. The normalized spacial score (nSPS) is 31.6. The van der Waals surface area contributed by atoms with E-state index in [9.17, 15) is 4.79 Å². The Morgan fingerprint density at radius 1 is 1.43 bits per heavy atom. The van der Waals surface area contributed by atoms with Crippen LogP contribution in [0.15, 0.2) is 30.3 Å². The minimum absolute atomic E-state index is 0.0893. The highest BCUT2D eigenvalue weighted by atomic mass is 16.5. The molecule has 0 aliphatic carbocycles. The summed E-state index contributed by atoms with van der Waals surface area (Å²) in [7, 11) is 0. The lowest BCUT2D eigenvalue weighted by molar-refractivity contribution is -0.127. The van der Waals surface area contributed by atoms with E-state index < -0.39 is 5.60 Å². The van der Waals surface area contributed by atoms with Crippen molar-refractivity contribution in [2.75, 3.05) is 0 Å². The molecule has 1 aliphatic heterocycles. The topological polar surface area (TPSA) is 26.3 Å². The second-order valence-electron chi connectivity index (χ2n) is 3.99. The number of hydrogen-bond donors (Lipinski definition) is 0. The van der Waals surface area contributed by atoms with Crippen LogP contribution in [0.25, 0.3) is 0 Å². The standard InChI is InChI=1S/C12H14O2/c1-12(9-13)8-7-11(14-12)10-5-3-2-4-6-10/h2-6,9,11H,7-8H2,1H3. The highest BCUT2D eigenvalue weighted by molar-refractivity contribution is 5.62. The molecule has 1 aromatic carbocycles. The number of carbonyl (C=O) groups is 1. The fourth-order valence-electron chi connectivity index (χ4n) is 1.85. The fourth-order valence-corrected chi connectivity index (χ4v) is 1.85. The third-order valence-electron chi connectivity index (χ3n) is 2.74. The summed E-state index contributed by atoms with van der Waals surface area (Å²) in [6.07, 6.45) is 2.75. The average Bonchev–Trinajstić information content (AvgIpc) is 2.63. The third kappa shape index (κ3) is 1.70. The molecule has 2 nitrogen and oxygen atoms in total. The maximum absolute atomic E-state index is 10.8. The molecule has 0 bridgehead atoms. The van der Waals surface area contributed by atoms with Crippen molar-refractivity contribution in [3.8, 4) is 0 Å². The molecule has 1 fully saturated rings. The Morgan fingerprint density at radius 2 is 2.14 bits per heavy atom. The number of ether oxygens (including phenoxy) is 1. The second-order valence-corrected chi connectivity index (χ2v) is 3.99. The van der Waals surface area contributed by atoms with Gasteiger partial charge in [0.15, 0.2) is 6.29 Å². The zero-order valence-electron chi connectivity index (χ0n) is 8.27. The molecule has 0 saturated carbocycles. The van der Waals surface area contributed by atoms with Crippen molar-refractivity contribution in [1.82, 2.24) is 0 Å². The van der Waals surface area contributed by atoms with Gasteiger partial charge in [-0.2, -0.15) is 0 Å². The quantitative estimate of drug-likeness (QED) is 0.670. The zero-order chi connectivity index (χ0) is 10.0. The van der Waals surface area contributed by atoms with Gasteiger partial charge in [0.1, 0.15) is 5.60 Å². The predicted molar refractivity (Wildman–Crippen MR) is 54.0 cm³/mol. The molecule has 0 radical (unpaired) electrons. The maximum Gasteiger partial charge on any atom is 0.151 e. The Morgan fingerprint density at radius 3 is 2.71 bits per heavy atom. The minimum atomic E-state index is -0.569. The van der Waals surface area contributed by atoms with Crippen LogP contribution in [-0.4, -0.2) is 11.9 Å². The van der Waals surface area contributed by atoms with Crippen LogP contribution in [0.1, 0.15) is 31.4 Å². The Hall–Kier alpha value is -1.15. The molecule has 2 atom stereocenters. The molecule has 1 aromatic rings. The highest BCUT2D eigenvalue weighted by Gasteiger charge is 2.36. The van der Waals surface area contributed by atoms with Gasteiger partial charge in [-0.05, 0) is 25.3 Å². The molecule has 0 spiro atoms. The lowest BCUT2D eigenvalue weighted by Crippen LogP contribution is -2.24. The van der Waals surface area contributed by atoms with Crippen LogP contribution in [0.3, 0.4) is 0 Å². The van der Waals surface area contributed by atoms with Crippen LogP contribution in [0.2, 0.25) is 0 Å². The molecule has 74 valence electrons. The van der Waals surface area contributed by atoms with E-state index in [-0.39, 0.29) is 6.10 Å². The van der Waals surface area contributed by atoms with Crippen molar-refractivity contribution in [2.24, 2.45) is 0 Å². The Balaban J connectivity index is 2.14. The maximum atomic E-state index is 10.8. The number of rotatable bonds is 2. The molecule has 1 saturated heterocycles. The van der Waals surface area contributed by atoms with E-state index in [1.54, 1.807) is 0 Å². The largest absolute Gasteiger partial charge is 0.360 e. The molecule has 0 amide bonds. The van der Waals surface area contributed by atoms with Gasteiger partial charge in [-0.25, -0.2) is 0 Å². The highest BCUT2D eigenvalue weighted by Crippen LogP contribution is 2.37. The number of hydrogen-bond acceptors (Lipinski definition) is 2. The average molecular weight is 190 g/mol. The second kappa shape index (κ2) is 3.54. The Labute approximate surface area is 83.9 Å². The minimum Gasteiger partial charge on any atom is -0.360 e. The number of carbonyl (C=O) groups excluding carboxylic acids is 1. The summed E-state index contributed by atoms with van der Waals surface area (Å²) in [4.78, 5) is 10.8. The van der Waals surface area contributed by atoms with Crippen molar-refractivity contribution in [3.63, 3.8) is 0 Å². The third-order valence-corrected chi connectivity index (χ3v) is 2.74. The first-order valence-corrected chi connectivity index (χ1v) is 4.93. The molecule has 1 aliphatic rings. The summed E-state index contributed by atoms with van der Waals surface area (Å²) >= 11 is 0. The summed E-state index contributed by atoms with van der Waals surface area (Å²) in [6, 6.07) is 10.1. The summed E-state index contributed by atoms with van der Waals surface area (Å²) in [6.45, 7) is 1.85. The summed E-state index contributed by atoms with van der Waals surface area (Å²) in [5, 5.41) is 0. The molecular formula is C12H14O2. The molecule has 0 aromatic heterocycles. The van der Waals surface area contributed by atoms with Crippen molar-refractivity contribution in [2.45, 2.75) is 31.5 Å². The van der Waals surface area contributed by atoms with Gasteiger partial charge in [-0.1, -0.05) is 30.3 Å². The van der Waals surface area contributed by atoms with Gasteiger partial charge in [0.2, 0.25) is 0 Å². The van der Waals surface area contributed by atoms with E-state index in [0.717, 1.165) is 24.7 Å². The van der Waals surface area contributed by atoms with Crippen LogP contribution >= 0.6 is 0 Å². The molecule has 0 N–H and O–H groups in total. The molecule has 2 heteroatoms. The summed E-state index contributed by atoms with van der Waals surface area (Å²) in [5.41, 5.74) is 0.596. The van der Waals surface area contributed by atoms with Crippen molar-refractivity contribution in [1.29, 1.82) is 0 Å². The molecular weight excluding hydrogens is 176 g/mol. The summed E-state index contributed by atoms with van der Waals surface area (Å²) < 4.78 is 5.72. The monoisotopic (exact) mass is 190 g/mol. The van der Waals surface area contributed by atoms with Gasteiger partial charge in [-0.3, -0.25) is 0 Å². The van der Waals surface area contributed by atoms with Crippen molar-refractivity contribution >= 4 is 6.29 Å². The van der Waals surface area contributed by atoms with Crippen molar-refractivity contribution in [3.05, 3.63) is 35.9 Å².